The Bertz CT molecular complexity index is 296. The van der Waals surface area contributed by atoms with Gasteiger partial charge in [-0.3, -0.25) is 4.68 Å². The van der Waals surface area contributed by atoms with Crippen LogP contribution in [0.4, 0.5) is 0 Å². The molecule has 0 saturated heterocycles. The molecule has 1 rings (SSSR count). The number of aryl methyl sites for hydroxylation is 1. The number of rotatable bonds is 6. The first kappa shape index (κ1) is 13.2. The Morgan fingerprint density at radius 1 is 1.31 bits per heavy atom. The van der Waals surface area contributed by atoms with Crippen LogP contribution in [0.2, 0.25) is 0 Å². The normalized spacial score (nSPS) is 12.0. The van der Waals surface area contributed by atoms with Crippen LogP contribution >= 0.6 is 0 Å². The fourth-order valence-electron chi connectivity index (χ4n) is 1.70. The molecule has 0 bridgehead atoms. The van der Waals surface area contributed by atoms with Gasteiger partial charge in [-0.25, -0.2) is 0 Å². The zero-order valence-corrected chi connectivity index (χ0v) is 11.1. The Morgan fingerprint density at radius 2 is 2.06 bits per heavy atom. The maximum atomic E-state index is 4.14. The summed E-state index contributed by atoms with van der Waals surface area (Å²) in [7, 11) is 1.98. The van der Waals surface area contributed by atoms with E-state index < -0.39 is 0 Å². The van der Waals surface area contributed by atoms with Gasteiger partial charge in [0.25, 0.3) is 0 Å². The number of aromatic nitrogens is 2. The molecule has 0 radical (unpaired) electrons. The Kier molecular flexibility index (Phi) is 5.00. The van der Waals surface area contributed by atoms with E-state index >= 15 is 0 Å². The highest BCUT2D eigenvalue weighted by Gasteiger charge is 2.08. The van der Waals surface area contributed by atoms with E-state index in [-0.39, 0.29) is 0 Å². The third-order valence-electron chi connectivity index (χ3n) is 2.76. The molecule has 0 atom stereocenters. The first-order valence-electron chi connectivity index (χ1n) is 6.17. The summed E-state index contributed by atoms with van der Waals surface area (Å²) in [6.07, 6.45) is 5.72. The predicted molar refractivity (Wildman–Crippen MR) is 68.2 cm³/mol. The van der Waals surface area contributed by atoms with Crippen LogP contribution in [-0.2, 0) is 13.6 Å². The van der Waals surface area contributed by atoms with E-state index in [2.05, 4.69) is 37.3 Å². The lowest BCUT2D eigenvalue weighted by Crippen LogP contribution is -2.17. The van der Waals surface area contributed by atoms with Crippen LogP contribution in [0.15, 0.2) is 12.3 Å². The summed E-state index contributed by atoms with van der Waals surface area (Å²) in [4.78, 5) is 0. The number of hydrogen-bond donors (Lipinski definition) is 1. The topological polar surface area (TPSA) is 29.9 Å². The minimum Gasteiger partial charge on any atom is -0.311 e. The van der Waals surface area contributed by atoms with Gasteiger partial charge in [0.15, 0.2) is 0 Å². The Morgan fingerprint density at radius 3 is 2.62 bits per heavy atom. The first-order valence-corrected chi connectivity index (χ1v) is 6.17. The fourth-order valence-corrected chi connectivity index (χ4v) is 1.70. The van der Waals surface area contributed by atoms with E-state index in [1.54, 1.807) is 0 Å². The molecule has 16 heavy (non-hydrogen) atoms. The van der Waals surface area contributed by atoms with Crippen LogP contribution in [0.25, 0.3) is 0 Å². The van der Waals surface area contributed by atoms with Crippen molar-refractivity contribution in [2.45, 2.75) is 46.6 Å². The quantitative estimate of drug-likeness (QED) is 0.752. The van der Waals surface area contributed by atoms with Crippen LogP contribution in [0.1, 0.15) is 45.7 Å². The molecular formula is C13H25N3. The zero-order chi connectivity index (χ0) is 12.0. The van der Waals surface area contributed by atoms with Crippen molar-refractivity contribution in [1.82, 2.24) is 15.1 Å². The van der Waals surface area contributed by atoms with Crippen LogP contribution in [-0.4, -0.2) is 16.3 Å². The molecular weight excluding hydrogens is 198 g/mol. The SMILES string of the molecule is Cn1nccc1CNCCCCC(C)(C)C. The van der Waals surface area contributed by atoms with Crippen molar-refractivity contribution >= 4 is 0 Å². The molecule has 3 nitrogen and oxygen atoms in total. The van der Waals surface area contributed by atoms with Gasteiger partial charge in [-0.15, -0.1) is 0 Å². The van der Waals surface area contributed by atoms with Crippen molar-refractivity contribution in [3.63, 3.8) is 0 Å². The summed E-state index contributed by atoms with van der Waals surface area (Å²) in [5, 5.41) is 7.59. The van der Waals surface area contributed by atoms with Gasteiger partial charge in [0.2, 0.25) is 0 Å². The Balaban J connectivity index is 2.03. The summed E-state index contributed by atoms with van der Waals surface area (Å²) >= 11 is 0. The highest BCUT2D eigenvalue weighted by atomic mass is 15.3. The molecule has 0 amide bonds. The summed E-state index contributed by atoms with van der Waals surface area (Å²) < 4.78 is 1.92. The Hall–Kier alpha value is -0.830. The van der Waals surface area contributed by atoms with E-state index in [4.69, 9.17) is 0 Å². The molecule has 1 N–H and O–H groups in total. The van der Waals surface area contributed by atoms with Gasteiger partial charge in [-0.05, 0) is 30.9 Å². The second-order valence-electron chi connectivity index (χ2n) is 5.64. The van der Waals surface area contributed by atoms with Gasteiger partial charge in [-0.1, -0.05) is 27.2 Å². The van der Waals surface area contributed by atoms with Crippen molar-refractivity contribution in [1.29, 1.82) is 0 Å². The van der Waals surface area contributed by atoms with E-state index in [1.807, 2.05) is 17.9 Å². The van der Waals surface area contributed by atoms with Crippen molar-refractivity contribution in [3.05, 3.63) is 18.0 Å². The number of unbranched alkanes of at least 4 members (excludes halogenated alkanes) is 1. The van der Waals surface area contributed by atoms with Gasteiger partial charge >= 0.3 is 0 Å². The lowest BCUT2D eigenvalue weighted by atomic mass is 9.90. The lowest BCUT2D eigenvalue weighted by molar-refractivity contribution is 0.358. The average molecular weight is 223 g/mol. The van der Waals surface area contributed by atoms with Crippen molar-refractivity contribution < 1.29 is 0 Å². The minimum absolute atomic E-state index is 0.474. The van der Waals surface area contributed by atoms with Crippen LogP contribution in [0, 0.1) is 5.41 Å². The predicted octanol–water partition coefficient (Wildman–Crippen LogP) is 2.73. The van der Waals surface area contributed by atoms with Gasteiger partial charge in [0, 0.05) is 19.8 Å². The van der Waals surface area contributed by atoms with Crippen molar-refractivity contribution in [3.8, 4) is 0 Å². The highest BCUT2D eigenvalue weighted by Crippen LogP contribution is 2.21. The summed E-state index contributed by atoms with van der Waals surface area (Å²) in [5.41, 5.74) is 1.72. The first-order chi connectivity index (χ1) is 7.49. The molecule has 3 heteroatoms. The van der Waals surface area contributed by atoms with Crippen molar-refractivity contribution in [2.24, 2.45) is 12.5 Å². The van der Waals surface area contributed by atoms with E-state index in [0.717, 1.165) is 13.1 Å². The molecule has 0 saturated carbocycles. The molecule has 1 aromatic rings. The molecule has 0 unspecified atom stereocenters. The number of nitrogens with zero attached hydrogens (tertiary/aromatic N) is 2. The smallest absolute Gasteiger partial charge is 0.0518 e. The van der Waals surface area contributed by atoms with Gasteiger partial charge in [0.05, 0.1) is 5.69 Å². The third-order valence-corrected chi connectivity index (χ3v) is 2.76. The molecule has 92 valence electrons. The molecule has 1 heterocycles. The summed E-state index contributed by atoms with van der Waals surface area (Å²) in [6, 6.07) is 2.06. The highest BCUT2D eigenvalue weighted by molar-refractivity contribution is 4.98. The zero-order valence-electron chi connectivity index (χ0n) is 11.1. The molecule has 1 aromatic heterocycles. The lowest BCUT2D eigenvalue weighted by Gasteiger charge is -2.17. The van der Waals surface area contributed by atoms with Crippen molar-refractivity contribution in [2.75, 3.05) is 6.54 Å². The van der Waals surface area contributed by atoms with E-state index in [1.165, 1.54) is 25.0 Å². The van der Waals surface area contributed by atoms with Crippen LogP contribution < -0.4 is 5.32 Å². The third kappa shape index (κ3) is 5.31. The monoisotopic (exact) mass is 223 g/mol. The van der Waals surface area contributed by atoms with Gasteiger partial charge in [-0.2, -0.15) is 5.10 Å². The van der Waals surface area contributed by atoms with Crippen LogP contribution in [0.5, 0.6) is 0 Å². The second-order valence-corrected chi connectivity index (χ2v) is 5.64. The summed E-state index contributed by atoms with van der Waals surface area (Å²) in [6.45, 7) is 8.93. The second kappa shape index (κ2) is 6.04. The van der Waals surface area contributed by atoms with E-state index in [0.29, 0.717) is 5.41 Å². The van der Waals surface area contributed by atoms with Gasteiger partial charge < -0.3 is 5.32 Å². The maximum Gasteiger partial charge on any atom is 0.0518 e. The molecule has 0 fully saturated rings. The molecule has 0 aliphatic heterocycles. The molecule has 0 aliphatic rings. The van der Waals surface area contributed by atoms with E-state index in [9.17, 15) is 0 Å². The maximum absolute atomic E-state index is 4.14. The summed E-state index contributed by atoms with van der Waals surface area (Å²) in [5.74, 6) is 0. The van der Waals surface area contributed by atoms with Gasteiger partial charge in [0.1, 0.15) is 0 Å². The fraction of sp³-hybridized carbons (Fsp3) is 0.769. The number of nitrogens with one attached hydrogen (secondary N) is 1. The number of hydrogen-bond acceptors (Lipinski definition) is 2. The minimum atomic E-state index is 0.474. The van der Waals surface area contributed by atoms with Crippen LogP contribution in [0.3, 0.4) is 0 Å². The molecule has 0 aromatic carbocycles. The molecule has 0 spiro atoms. The Labute approximate surface area is 99.2 Å². The molecule has 0 aliphatic carbocycles. The average Bonchev–Trinajstić information content (AvgIpc) is 2.56. The standard InChI is InChI=1S/C13H25N3/c1-13(2,3)8-5-6-9-14-11-12-7-10-15-16(12)4/h7,10,14H,5-6,8-9,11H2,1-4H3. The largest absolute Gasteiger partial charge is 0.311 e.